The van der Waals surface area contributed by atoms with Crippen LogP contribution < -0.4 is 4.74 Å². The van der Waals surface area contributed by atoms with Gasteiger partial charge in [0.1, 0.15) is 0 Å². The monoisotopic (exact) mass is 191 g/mol. The highest BCUT2D eigenvalue weighted by Crippen LogP contribution is 2.30. The van der Waals surface area contributed by atoms with Gasteiger partial charge < -0.3 is 4.74 Å². The molecule has 14 heavy (non-hydrogen) atoms. The first-order valence-electron chi connectivity index (χ1n) is 5.31. The Morgan fingerprint density at radius 3 is 2.93 bits per heavy atom. The van der Waals surface area contributed by atoms with E-state index in [-0.39, 0.29) is 0 Å². The highest BCUT2D eigenvalue weighted by molar-refractivity contribution is 5.41. The summed E-state index contributed by atoms with van der Waals surface area (Å²) < 4.78 is 5.53. The van der Waals surface area contributed by atoms with E-state index >= 15 is 0 Å². The zero-order valence-electron chi connectivity index (χ0n) is 9.13. The molecule has 0 fully saturated rings. The zero-order chi connectivity index (χ0) is 10.1. The molecule has 1 aliphatic rings. The summed E-state index contributed by atoms with van der Waals surface area (Å²) >= 11 is 0. The van der Waals surface area contributed by atoms with Gasteiger partial charge in [0.05, 0.1) is 6.61 Å². The molecule has 2 heterocycles. The number of hydrogen-bond acceptors (Lipinski definition) is 2. The number of nitrogens with zero attached hydrogens (tertiary/aromatic N) is 1. The van der Waals surface area contributed by atoms with Gasteiger partial charge in [0.15, 0.2) is 0 Å². The first-order valence-corrected chi connectivity index (χ1v) is 5.31. The first-order chi connectivity index (χ1) is 6.70. The van der Waals surface area contributed by atoms with Crippen LogP contribution in [0, 0.1) is 6.92 Å². The van der Waals surface area contributed by atoms with E-state index in [0.717, 1.165) is 25.3 Å². The van der Waals surface area contributed by atoms with Crippen LogP contribution in [0.4, 0.5) is 0 Å². The van der Waals surface area contributed by atoms with Crippen LogP contribution in [0.15, 0.2) is 6.20 Å². The maximum atomic E-state index is 5.53. The zero-order valence-corrected chi connectivity index (χ0v) is 9.13. The highest BCUT2D eigenvalue weighted by atomic mass is 16.5. The predicted octanol–water partition coefficient (Wildman–Crippen LogP) is 2.84. The lowest BCUT2D eigenvalue weighted by Gasteiger charge is -2.20. The standard InChI is InChI=1S/C12H17NO/c1-8(2)11-7-13-12-10(9(11)3)5-4-6-14-12/h7-8H,4-6H2,1-3H3. The second-order valence-corrected chi connectivity index (χ2v) is 4.23. The third-order valence-electron chi connectivity index (χ3n) is 2.90. The van der Waals surface area contributed by atoms with Crippen LogP contribution in [-0.2, 0) is 6.42 Å². The maximum absolute atomic E-state index is 5.53. The molecule has 0 amide bonds. The van der Waals surface area contributed by atoms with Gasteiger partial charge in [-0.1, -0.05) is 13.8 Å². The summed E-state index contributed by atoms with van der Waals surface area (Å²) in [6.45, 7) is 7.42. The van der Waals surface area contributed by atoms with Crippen molar-refractivity contribution < 1.29 is 4.74 Å². The van der Waals surface area contributed by atoms with E-state index in [0.29, 0.717) is 5.92 Å². The third kappa shape index (κ3) is 1.49. The molecule has 0 unspecified atom stereocenters. The van der Waals surface area contributed by atoms with Gasteiger partial charge in [0.2, 0.25) is 5.88 Å². The topological polar surface area (TPSA) is 22.1 Å². The lowest BCUT2D eigenvalue weighted by molar-refractivity contribution is 0.275. The van der Waals surface area contributed by atoms with Gasteiger partial charge >= 0.3 is 0 Å². The van der Waals surface area contributed by atoms with Crippen molar-refractivity contribution in [1.82, 2.24) is 4.98 Å². The predicted molar refractivity (Wildman–Crippen MR) is 56.9 cm³/mol. The fraction of sp³-hybridized carbons (Fsp3) is 0.583. The smallest absolute Gasteiger partial charge is 0.216 e. The fourth-order valence-electron chi connectivity index (χ4n) is 2.06. The lowest BCUT2D eigenvalue weighted by atomic mass is 9.94. The number of hydrogen-bond donors (Lipinski definition) is 0. The molecule has 0 radical (unpaired) electrons. The second-order valence-electron chi connectivity index (χ2n) is 4.23. The fourth-order valence-corrected chi connectivity index (χ4v) is 2.06. The van der Waals surface area contributed by atoms with Crippen molar-refractivity contribution in [2.24, 2.45) is 0 Å². The number of pyridine rings is 1. The van der Waals surface area contributed by atoms with Crippen LogP contribution in [0.25, 0.3) is 0 Å². The van der Waals surface area contributed by atoms with Gasteiger partial charge in [-0.05, 0) is 36.8 Å². The second kappa shape index (κ2) is 3.60. The molecule has 0 spiro atoms. The van der Waals surface area contributed by atoms with Crippen molar-refractivity contribution >= 4 is 0 Å². The van der Waals surface area contributed by atoms with E-state index in [4.69, 9.17) is 4.74 Å². The van der Waals surface area contributed by atoms with Crippen molar-refractivity contribution in [1.29, 1.82) is 0 Å². The van der Waals surface area contributed by atoms with Gasteiger partial charge in [0.25, 0.3) is 0 Å². The Morgan fingerprint density at radius 2 is 2.21 bits per heavy atom. The Hall–Kier alpha value is -1.05. The maximum Gasteiger partial charge on any atom is 0.216 e. The Morgan fingerprint density at radius 1 is 1.43 bits per heavy atom. The molecular formula is C12H17NO. The van der Waals surface area contributed by atoms with Crippen molar-refractivity contribution in [2.75, 3.05) is 6.61 Å². The summed E-state index contributed by atoms with van der Waals surface area (Å²) in [7, 11) is 0. The first kappa shape index (κ1) is 9.50. The Kier molecular flexibility index (Phi) is 2.44. The van der Waals surface area contributed by atoms with E-state index in [1.54, 1.807) is 0 Å². The van der Waals surface area contributed by atoms with Crippen LogP contribution in [0.1, 0.15) is 42.9 Å². The van der Waals surface area contributed by atoms with Crippen molar-refractivity contribution in [3.8, 4) is 5.88 Å². The van der Waals surface area contributed by atoms with Crippen molar-refractivity contribution in [3.05, 3.63) is 22.9 Å². The van der Waals surface area contributed by atoms with E-state index < -0.39 is 0 Å². The molecule has 0 aliphatic carbocycles. The quantitative estimate of drug-likeness (QED) is 0.681. The normalized spacial score (nSPS) is 15.1. The number of aromatic nitrogens is 1. The van der Waals surface area contributed by atoms with Gasteiger partial charge in [-0.25, -0.2) is 4.98 Å². The molecule has 0 atom stereocenters. The van der Waals surface area contributed by atoms with Crippen LogP contribution in [0.3, 0.4) is 0 Å². The van der Waals surface area contributed by atoms with Gasteiger partial charge in [-0.2, -0.15) is 0 Å². The molecule has 0 bridgehead atoms. The molecule has 2 rings (SSSR count). The molecule has 0 aromatic carbocycles. The van der Waals surface area contributed by atoms with Gasteiger partial charge in [-0.3, -0.25) is 0 Å². The molecule has 2 heteroatoms. The minimum absolute atomic E-state index is 0.551. The Balaban J connectivity index is 2.49. The summed E-state index contributed by atoms with van der Waals surface area (Å²) in [6, 6.07) is 0. The molecule has 1 aromatic rings. The van der Waals surface area contributed by atoms with Crippen LogP contribution in [0.5, 0.6) is 5.88 Å². The van der Waals surface area contributed by atoms with E-state index in [1.165, 1.54) is 16.7 Å². The summed E-state index contributed by atoms with van der Waals surface area (Å²) in [5, 5.41) is 0. The average Bonchev–Trinajstić information content (AvgIpc) is 2.18. The molecule has 1 aromatic heterocycles. The lowest BCUT2D eigenvalue weighted by Crippen LogP contribution is -2.12. The SMILES string of the molecule is Cc1c(C(C)C)cnc2c1CCCO2. The molecule has 1 aliphatic heterocycles. The van der Waals surface area contributed by atoms with Crippen LogP contribution in [0.2, 0.25) is 0 Å². The summed E-state index contributed by atoms with van der Waals surface area (Å²) in [6.07, 6.45) is 4.20. The average molecular weight is 191 g/mol. The number of rotatable bonds is 1. The van der Waals surface area contributed by atoms with E-state index in [1.807, 2.05) is 6.20 Å². The van der Waals surface area contributed by atoms with E-state index in [2.05, 4.69) is 25.8 Å². The number of ether oxygens (including phenoxy) is 1. The van der Waals surface area contributed by atoms with Crippen LogP contribution in [-0.4, -0.2) is 11.6 Å². The van der Waals surface area contributed by atoms with Gasteiger partial charge in [0, 0.05) is 11.8 Å². The summed E-state index contributed by atoms with van der Waals surface area (Å²) in [5.74, 6) is 1.41. The van der Waals surface area contributed by atoms with Gasteiger partial charge in [-0.15, -0.1) is 0 Å². The molecule has 2 nitrogen and oxygen atoms in total. The van der Waals surface area contributed by atoms with Crippen molar-refractivity contribution in [2.45, 2.75) is 39.5 Å². The van der Waals surface area contributed by atoms with Crippen LogP contribution >= 0.6 is 0 Å². The largest absolute Gasteiger partial charge is 0.477 e. The third-order valence-corrected chi connectivity index (χ3v) is 2.90. The minimum atomic E-state index is 0.551. The molecule has 76 valence electrons. The Bertz CT molecular complexity index is 344. The summed E-state index contributed by atoms with van der Waals surface area (Å²) in [4.78, 5) is 4.38. The molecule has 0 saturated carbocycles. The van der Waals surface area contributed by atoms with Crippen molar-refractivity contribution in [3.63, 3.8) is 0 Å². The highest BCUT2D eigenvalue weighted by Gasteiger charge is 2.17. The molecule has 0 N–H and O–H groups in total. The Labute approximate surface area is 85.3 Å². The number of fused-ring (bicyclic) bond motifs is 1. The minimum Gasteiger partial charge on any atom is -0.477 e. The summed E-state index contributed by atoms with van der Waals surface area (Å²) in [5.41, 5.74) is 4.06. The van der Waals surface area contributed by atoms with E-state index in [9.17, 15) is 0 Å². The molecular weight excluding hydrogens is 174 g/mol. The molecule has 0 saturated heterocycles.